The van der Waals surface area contributed by atoms with Gasteiger partial charge in [-0.25, -0.2) is 0 Å². The molecule has 2 aromatic heterocycles. The van der Waals surface area contributed by atoms with Gasteiger partial charge < -0.3 is 5.32 Å². The van der Waals surface area contributed by atoms with Crippen LogP contribution >= 0.6 is 11.6 Å². The number of hydrogen-bond acceptors (Lipinski definition) is 4. The molecule has 0 spiro atoms. The molecule has 14 heavy (non-hydrogen) atoms. The fraction of sp³-hybridized carbons (Fsp3) is 0.375. The van der Waals surface area contributed by atoms with Crippen molar-refractivity contribution in [3.63, 3.8) is 0 Å². The summed E-state index contributed by atoms with van der Waals surface area (Å²) in [6, 6.07) is 2.32. The minimum atomic E-state index is 0.439. The molecule has 0 saturated heterocycles. The summed E-state index contributed by atoms with van der Waals surface area (Å²) in [7, 11) is 0. The molecule has 5 nitrogen and oxygen atoms in total. The minimum absolute atomic E-state index is 0.439. The predicted molar refractivity (Wildman–Crippen MR) is 52.4 cm³/mol. The van der Waals surface area contributed by atoms with E-state index in [1.54, 1.807) is 10.6 Å². The van der Waals surface area contributed by atoms with Crippen LogP contribution in [-0.4, -0.2) is 25.6 Å². The number of fused-ring (bicyclic) bond motifs is 1. The molecule has 0 amide bonds. The average Bonchev–Trinajstić information content (AvgIpc) is 2.81. The van der Waals surface area contributed by atoms with Crippen molar-refractivity contribution in [1.29, 1.82) is 0 Å². The quantitative estimate of drug-likeness (QED) is 0.759. The maximum atomic E-state index is 5.85. The zero-order valence-electron chi connectivity index (χ0n) is 7.31. The lowest BCUT2D eigenvalue weighted by Crippen LogP contribution is -2.07. The third kappa shape index (κ3) is 1.29. The molecule has 72 valence electrons. The molecular weight excluding hydrogens is 202 g/mol. The standard InChI is InChI=1S/C8H8ClN5/c9-6-3-7(12-5-1-2-5)14-8(13-6)10-4-11-14/h3-5,12H,1-2H2. The van der Waals surface area contributed by atoms with Crippen LogP contribution in [0, 0.1) is 0 Å². The molecule has 1 N–H and O–H groups in total. The summed E-state index contributed by atoms with van der Waals surface area (Å²) in [5, 5.41) is 7.82. The monoisotopic (exact) mass is 209 g/mol. The van der Waals surface area contributed by atoms with Gasteiger partial charge in [-0.05, 0) is 12.8 Å². The van der Waals surface area contributed by atoms with E-state index in [0.717, 1.165) is 5.82 Å². The van der Waals surface area contributed by atoms with Gasteiger partial charge in [0.15, 0.2) is 0 Å². The molecule has 3 rings (SSSR count). The molecule has 0 unspecified atom stereocenters. The fourth-order valence-corrected chi connectivity index (χ4v) is 1.50. The molecule has 0 atom stereocenters. The lowest BCUT2D eigenvalue weighted by atomic mass is 10.5. The lowest BCUT2D eigenvalue weighted by molar-refractivity contribution is 0.924. The van der Waals surface area contributed by atoms with Crippen molar-refractivity contribution in [3.05, 3.63) is 17.5 Å². The summed E-state index contributed by atoms with van der Waals surface area (Å²) >= 11 is 5.85. The minimum Gasteiger partial charge on any atom is -0.367 e. The molecule has 0 bridgehead atoms. The van der Waals surface area contributed by atoms with Crippen molar-refractivity contribution in [2.24, 2.45) is 0 Å². The van der Waals surface area contributed by atoms with Crippen molar-refractivity contribution in [1.82, 2.24) is 19.6 Å². The highest BCUT2D eigenvalue weighted by atomic mass is 35.5. The second kappa shape index (κ2) is 2.81. The number of nitrogens with zero attached hydrogens (tertiary/aromatic N) is 4. The first-order chi connectivity index (χ1) is 6.83. The van der Waals surface area contributed by atoms with Crippen LogP contribution in [0.1, 0.15) is 12.8 Å². The molecular formula is C8H8ClN5. The molecule has 1 fully saturated rings. The van der Waals surface area contributed by atoms with Crippen LogP contribution in [0.15, 0.2) is 12.4 Å². The van der Waals surface area contributed by atoms with Gasteiger partial charge in [0.25, 0.3) is 5.78 Å². The largest absolute Gasteiger partial charge is 0.367 e. The summed E-state index contributed by atoms with van der Waals surface area (Å²) in [5.74, 6) is 1.39. The molecule has 1 aliphatic rings. The second-order valence-corrected chi connectivity index (χ2v) is 3.74. The van der Waals surface area contributed by atoms with Gasteiger partial charge in [0.2, 0.25) is 0 Å². The Labute approximate surface area is 85.1 Å². The highest BCUT2D eigenvalue weighted by molar-refractivity contribution is 6.29. The smallest absolute Gasteiger partial charge is 0.255 e. The first-order valence-electron chi connectivity index (χ1n) is 4.46. The van der Waals surface area contributed by atoms with Gasteiger partial charge in [-0.15, -0.1) is 0 Å². The van der Waals surface area contributed by atoms with Crippen molar-refractivity contribution >= 4 is 23.2 Å². The van der Waals surface area contributed by atoms with Gasteiger partial charge in [0, 0.05) is 12.1 Å². The Morgan fingerprint density at radius 2 is 2.36 bits per heavy atom. The number of aromatic nitrogens is 4. The molecule has 0 aromatic carbocycles. The topological polar surface area (TPSA) is 55.1 Å². The SMILES string of the molecule is Clc1cc(NC2CC2)n2ncnc2n1. The highest BCUT2D eigenvalue weighted by Crippen LogP contribution is 2.25. The van der Waals surface area contributed by atoms with Gasteiger partial charge in [0.1, 0.15) is 17.3 Å². The zero-order chi connectivity index (χ0) is 9.54. The molecule has 6 heteroatoms. The van der Waals surface area contributed by atoms with Crippen molar-refractivity contribution < 1.29 is 0 Å². The van der Waals surface area contributed by atoms with Gasteiger partial charge >= 0.3 is 0 Å². The molecule has 1 aliphatic carbocycles. The lowest BCUT2D eigenvalue weighted by Gasteiger charge is -2.05. The summed E-state index contributed by atoms with van der Waals surface area (Å²) < 4.78 is 1.66. The average molecular weight is 210 g/mol. The first-order valence-corrected chi connectivity index (χ1v) is 4.83. The number of rotatable bonds is 2. The Balaban J connectivity index is 2.13. The van der Waals surface area contributed by atoms with E-state index in [0.29, 0.717) is 17.0 Å². The van der Waals surface area contributed by atoms with Crippen molar-refractivity contribution in [3.8, 4) is 0 Å². The van der Waals surface area contributed by atoms with Gasteiger partial charge in [-0.3, -0.25) is 0 Å². The third-order valence-corrected chi connectivity index (χ3v) is 2.34. The van der Waals surface area contributed by atoms with Gasteiger partial charge in [0.05, 0.1) is 0 Å². The van der Waals surface area contributed by atoms with E-state index in [4.69, 9.17) is 11.6 Å². The number of halogens is 1. The molecule has 2 heterocycles. The normalized spacial score (nSPS) is 16.1. The molecule has 1 saturated carbocycles. The van der Waals surface area contributed by atoms with Crippen LogP contribution in [0.4, 0.5) is 5.82 Å². The van der Waals surface area contributed by atoms with Gasteiger partial charge in [-0.1, -0.05) is 11.6 Å². The van der Waals surface area contributed by atoms with E-state index in [-0.39, 0.29) is 0 Å². The molecule has 0 radical (unpaired) electrons. The molecule has 0 aliphatic heterocycles. The Morgan fingerprint density at radius 1 is 1.50 bits per heavy atom. The van der Waals surface area contributed by atoms with Crippen molar-refractivity contribution in [2.45, 2.75) is 18.9 Å². The Morgan fingerprint density at radius 3 is 3.14 bits per heavy atom. The molecule has 2 aromatic rings. The Hall–Kier alpha value is -1.36. The number of anilines is 1. The maximum Gasteiger partial charge on any atom is 0.255 e. The van der Waals surface area contributed by atoms with Gasteiger partial charge in [-0.2, -0.15) is 19.6 Å². The number of nitrogens with one attached hydrogen (secondary N) is 1. The summed E-state index contributed by atoms with van der Waals surface area (Å²) in [6.07, 6.45) is 3.88. The van der Waals surface area contributed by atoms with Crippen molar-refractivity contribution in [2.75, 3.05) is 5.32 Å². The first kappa shape index (κ1) is 7.99. The summed E-state index contributed by atoms with van der Waals surface area (Å²) in [6.45, 7) is 0. The Bertz CT molecular complexity index is 476. The third-order valence-electron chi connectivity index (χ3n) is 2.15. The maximum absolute atomic E-state index is 5.85. The van der Waals surface area contributed by atoms with E-state index in [1.165, 1.54) is 19.2 Å². The van der Waals surface area contributed by atoms with Crippen LogP contribution in [0.2, 0.25) is 5.15 Å². The second-order valence-electron chi connectivity index (χ2n) is 3.35. The fourth-order valence-electron chi connectivity index (χ4n) is 1.32. The Kier molecular flexibility index (Phi) is 1.61. The van der Waals surface area contributed by atoms with E-state index >= 15 is 0 Å². The number of hydrogen-bond donors (Lipinski definition) is 1. The van der Waals surface area contributed by atoms with Crippen LogP contribution in [0.5, 0.6) is 0 Å². The summed E-state index contributed by atoms with van der Waals surface area (Å²) in [4.78, 5) is 8.02. The summed E-state index contributed by atoms with van der Waals surface area (Å²) in [5.41, 5.74) is 0. The van der Waals surface area contributed by atoms with E-state index in [1.807, 2.05) is 0 Å². The highest BCUT2D eigenvalue weighted by Gasteiger charge is 2.22. The zero-order valence-corrected chi connectivity index (χ0v) is 8.07. The van der Waals surface area contributed by atoms with Crippen LogP contribution in [-0.2, 0) is 0 Å². The van der Waals surface area contributed by atoms with Crippen LogP contribution in [0.25, 0.3) is 5.78 Å². The predicted octanol–water partition coefficient (Wildman–Crippen LogP) is 1.35. The van der Waals surface area contributed by atoms with E-state index < -0.39 is 0 Å². The van der Waals surface area contributed by atoms with E-state index in [2.05, 4.69) is 20.4 Å². The van der Waals surface area contributed by atoms with Crippen LogP contribution in [0.3, 0.4) is 0 Å². The van der Waals surface area contributed by atoms with Crippen LogP contribution < -0.4 is 5.32 Å². The van der Waals surface area contributed by atoms with E-state index in [9.17, 15) is 0 Å².